The Balaban J connectivity index is 2.12. The van der Waals surface area contributed by atoms with Crippen LogP contribution in [0.3, 0.4) is 0 Å². The van der Waals surface area contributed by atoms with Gasteiger partial charge in [0.2, 0.25) is 0 Å². The largest absolute Gasteiger partial charge is 0.443 e. The van der Waals surface area contributed by atoms with E-state index in [9.17, 15) is 9.90 Å². The van der Waals surface area contributed by atoms with E-state index in [0.717, 1.165) is 5.56 Å². The van der Waals surface area contributed by atoms with Gasteiger partial charge in [-0.05, 0) is 37.6 Å². The normalized spacial score (nSPS) is 11.4. The van der Waals surface area contributed by atoms with Gasteiger partial charge in [0.25, 0.3) is 0 Å². The molecule has 0 saturated heterocycles. The van der Waals surface area contributed by atoms with Gasteiger partial charge >= 0.3 is 5.97 Å². The number of aliphatic hydroxyl groups is 1. The van der Waals surface area contributed by atoms with Crippen molar-refractivity contribution >= 4 is 12.0 Å². The fraction of sp³-hybridized carbons (Fsp3) is 0.190. The number of aliphatic hydroxyl groups excluding tert-OH is 1. The SMILES string of the molecule is CC(C)(C#C/C(=C\c1ccccc1)CO)OC(=O)c1ccccc1. The molecule has 0 aromatic heterocycles. The summed E-state index contributed by atoms with van der Waals surface area (Å²) >= 11 is 0. The highest BCUT2D eigenvalue weighted by molar-refractivity contribution is 5.89. The Morgan fingerprint density at radius 2 is 1.67 bits per heavy atom. The maximum Gasteiger partial charge on any atom is 0.339 e. The average Bonchev–Trinajstić information content (AvgIpc) is 2.60. The van der Waals surface area contributed by atoms with Gasteiger partial charge < -0.3 is 9.84 Å². The molecule has 2 aromatic carbocycles. The molecule has 0 amide bonds. The van der Waals surface area contributed by atoms with Crippen LogP contribution in [0.4, 0.5) is 0 Å². The molecule has 2 rings (SSSR count). The van der Waals surface area contributed by atoms with Gasteiger partial charge in [-0.3, -0.25) is 0 Å². The van der Waals surface area contributed by atoms with Crippen molar-refractivity contribution < 1.29 is 14.6 Å². The summed E-state index contributed by atoms with van der Waals surface area (Å²) in [6.45, 7) is 3.27. The lowest BCUT2D eigenvalue weighted by molar-refractivity contribution is 0.0204. The Hall–Kier alpha value is -2.83. The fourth-order valence-corrected chi connectivity index (χ4v) is 1.99. The van der Waals surface area contributed by atoms with Gasteiger partial charge in [-0.1, -0.05) is 60.4 Å². The fourth-order valence-electron chi connectivity index (χ4n) is 1.99. The first-order chi connectivity index (χ1) is 11.5. The minimum absolute atomic E-state index is 0.176. The van der Waals surface area contributed by atoms with E-state index < -0.39 is 11.6 Å². The van der Waals surface area contributed by atoms with Gasteiger partial charge in [0, 0.05) is 5.57 Å². The van der Waals surface area contributed by atoms with E-state index in [-0.39, 0.29) is 6.61 Å². The lowest BCUT2D eigenvalue weighted by atomic mass is 10.1. The predicted octanol–water partition coefficient (Wildman–Crippen LogP) is 3.70. The summed E-state index contributed by atoms with van der Waals surface area (Å²) in [7, 11) is 0. The molecule has 0 bridgehead atoms. The van der Waals surface area contributed by atoms with E-state index in [1.54, 1.807) is 38.1 Å². The lowest BCUT2D eigenvalue weighted by Gasteiger charge is -2.18. The standard InChI is InChI=1S/C21H20O3/c1-21(2,24-20(23)19-11-7-4-8-12-19)14-13-18(16-22)15-17-9-5-3-6-10-17/h3-12,15,22H,16H2,1-2H3/b18-15+. The molecule has 0 unspecified atom stereocenters. The molecule has 0 spiro atoms. The molecule has 122 valence electrons. The van der Waals surface area contributed by atoms with Crippen molar-refractivity contribution in [2.24, 2.45) is 0 Å². The molecule has 0 aliphatic rings. The Bertz CT molecular complexity index is 763. The Morgan fingerprint density at radius 1 is 1.08 bits per heavy atom. The smallest absolute Gasteiger partial charge is 0.339 e. The van der Waals surface area contributed by atoms with E-state index in [0.29, 0.717) is 11.1 Å². The number of carbonyl (C=O) groups excluding carboxylic acids is 1. The first kappa shape index (κ1) is 17.5. The second-order valence-corrected chi connectivity index (χ2v) is 5.75. The number of carbonyl (C=O) groups is 1. The zero-order valence-corrected chi connectivity index (χ0v) is 13.8. The van der Waals surface area contributed by atoms with Crippen molar-refractivity contribution in [3.05, 3.63) is 77.4 Å². The van der Waals surface area contributed by atoms with Crippen molar-refractivity contribution in [3.63, 3.8) is 0 Å². The van der Waals surface area contributed by atoms with Crippen LogP contribution in [0.15, 0.2) is 66.2 Å². The summed E-state index contributed by atoms with van der Waals surface area (Å²) in [5.41, 5.74) is 1.03. The summed E-state index contributed by atoms with van der Waals surface area (Å²) in [5, 5.41) is 9.47. The Kier molecular flexibility index (Phi) is 5.95. The van der Waals surface area contributed by atoms with E-state index >= 15 is 0 Å². The molecular formula is C21H20O3. The van der Waals surface area contributed by atoms with E-state index in [1.165, 1.54) is 0 Å². The third kappa shape index (κ3) is 5.42. The Labute approximate surface area is 142 Å². The molecule has 0 fully saturated rings. The van der Waals surface area contributed by atoms with Gasteiger partial charge in [0.1, 0.15) is 0 Å². The molecule has 3 heteroatoms. The number of benzene rings is 2. The number of esters is 1. The maximum atomic E-state index is 12.1. The van der Waals surface area contributed by atoms with Crippen molar-refractivity contribution in [2.45, 2.75) is 19.4 Å². The second-order valence-electron chi connectivity index (χ2n) is 5.75. The number of hydrogen-bond acceptors (Lipinski definition) is 3. The third-order valence-electron chi connectivity index (χ3n) is 3.19. The quantitative estimate of drug-likeness (QED) is 0.690. The zero-order valence-electron chi connectivity index (χ0n) is 13.8. The average molecular weight is 320 g/mol. The minimum Gasteiger partial charge on any atom is -0.443 e. The molecule has 0 aliphatic carbocycles. The van der Waals surface area contributed by atoms with Crippen molar-refractivity contribution in [1.82, 2.24) is 0 Å². The van der Waals surface area contributed by atoms with Gasteiger partial charge in [-0.15, -0.1) is 0 Å². The summed E-state index contributed by atoms with van der Waals surface area (Å²) < 4.78 is 5.45. The van der Waals surface area contributed by atoms with E-state index in [1.807, 2.05) is 42.5 Å². The van der Waals surface area contributed by atoms with E-state index in [2.05, 4.69) is 11.8 Å². The van der Waals surface area contributed by atoms with Crippen LogP contribution in [0.25, 0.3) is 6.08 Å². The maximum absolute atomic E-state index is 12.1. The highest BCUT2D eigenvalue weighted by Gasteiger charge is 2.21. The van der Waals surface area contributed by atoms with Crippen LogP contribution in [-0.4, -0.2) is 23.3 Å². The highest BCUT2D eigenvalue weighted by Crippen LogP contribution is 2.13. The predicted molar refractivity (Wildman–Crippen MR) is 95.2 cm³/mol. The molecule has 3 nitrogen and oxygen atoms in total. The molecule has 0 saturated carbocycles. The van der Waals surface area contributed by atoms with Crippen molar-refractivity contribution in [3.8, 4) is 11.8 Å². The molecule has 0 aliphatic heterocycles. The first-order valence-corrected chi connectivity index (χ1v) is 7.68. The topological polar surface area (TPSA) is 46.5 Å². The third-order valence-corrected chi connectivity index (χ3v) is 3.19. The van der Waals surface area contributed by atoms with E-state index in [4.69, 9.17) is 4.74 Å². The van der Waals surface area contributed by atoms with Crippen LogP contribution >= 0.6 is 0 Å². The molecular weight excluding hydrogens is 300 g/mol. The van der Waals surface area contributed by atoms with Crippen LogP contribution in [0.1, 0.15) is 29.8 Å². The summed E-state index contributed by atoms with van der Waals surface area (Å²) in [4.78, 5) is 12.1. The highest BCUT2D eigenvalue weighted by atomic mass is 16.6. The van der Waals surface area contributed by atoms with Gasteiger partial charge in [-0.25, -0.2) is 4.79 Å². The van der Waals surface area contributed by atoms with Gasteiger partial charge in [0.05, 0.1) is 12.2 Å². The van der Waals surface area contributed by atoms with Gasteiger partial charge in [0.15, 0.2) is 5.60 Å². The van der Waals surface area contributed by atoms with Gasteiger partial charge in [-0.2, -0.15) is 0 Å². The number of rotatable bonds is 4. The zero-order chi connectivity index (χ0) is 17.4. The molecule has 0 atom stereocenters. The number of hydrogen-bond donors (Lipinski definition) is 1. The van der Waals surface area contributed by atoms with Crippen molar-refractivity contribution in [2.75, 3.05) is 6.61 Å². The number of ether oxygens (including phenoxy) is 1. The van der Waals surface area contributed by atoms with Crippen LogP contribution in [-0.2, 0) is 4.74 Å². The van der Waals surface area contributed by atoms with Crippen LogP contribution in [0.2, 0.25) is 0 Å². The molecule has 2 aromatic rings. The lowest BCUT2D eigenvalue weighted by Crippen LogP contribution is -2.26. The first-order valence-electron chi connectivity index (χ1n) is 7.68. The molecule has 0 radical (unpaired) electrons. The van der Waals surface area contributed by atoms with Crippen LogP contribution in [0, 0.1) is 11.8 Å². The molecule has 1 N–H and O–H groups in total. The molecule has 0 heterocycles. The van der Waals surface area contributed by atoms with Crippen molar-refractivity contribution in [1.29, 1.82) is 0 Å². The Morgan fingerprint density at radius 3 is 2.25 bits per heavy atom. The van der Waals surface area contributed by atoms with Crippen LogP contribution < -0.4 is 0 Å². The van der Waals surface area contributed by atoms with Crippen LogP contribution in [0.5, 0.6) is 0 Å². The summed E-state index contributed by atoms with van der Waals surface area (Å²) in [6.07, 6.45) is 1.81. The monoisotopic (exact) mass is 320 g/mol. The molecule has 24 heavy (non-hydrogen) atoms. The summed E-state index contributed by atoms with van der Waals surface area (Å²) in [6, 6.07) is 18.4. The minimum atomic E-state index is -0.960. The second kappa shape index (κ2) is 8.14. The summed E-state index contributed by atoms with van der Waals surface area (Å²) in [5.74, 6) is 5.38.